The van der Waals surface area contributed by atoms with Crippen LogP contribution >= 0.6 is 0 Å². The third-order valence-corrected chi connectivity index (χ3v) is 7.14. The molecular formula is C26H30N2O4S. The van der Waals surface area contributed by atoms with E-state index in [9.17, 15) is 13.2 Å². The van der Waals surface area contributed by atoms with Gasteiger partial charge in [0, 0.05) is 12.1 Å². The van der Waals surface area contributed by atoms with E-state index >= 15 is 0 Å². The Balaban J connectivity index is 1.79. The molecular weight excluding hydrogens is 436 g/mol. The fourth-order valence-electron chi connectivity index (χ4n) is 3.47. The van der Waals surface area contributed by atoms with Gasteiger partial charge in [-0.1, -0.05) is 54.1 Å². The van der Waals surface area contributed by atoms with Gasteiger partial charge in [0.25, 0.3) is 10.0 Å². The molecule has 0 fully saturated rings. The molecule has 0 radical (unpaired) electrons. The van der Waals surface area contributed by atoms with Crippen LogP contribution in [-0.4, -0.2) is 34.0 Å². The number of sulfonamides is 1. The Morgan fingerprint density at radius 1 is 1.00 bits per heavy atom. The summed E-state index contributed by atoms with van der Waals surface area (Å²) in [6.45, 7) is 3.48. The summed E-state index contributed by atoms with van der Waals surface area (Å²) in [5.41, 5.74) is 2.51. The van der Waals surface area contributed by atoms with Gasteiger partial charge in [0.15, 0.2) is 0 Å². The van der Waals surface area contributed by atoms with Crippen molar-refractivity contribution in [1.82, 2.24) is 5.32 Å². The zero-order valence-corrected chi connectivity index (χ0v) is 20.0. The van der Waals surface area contributed by atoms with Gasteiger partial charge in [0.2, 0.25) is 5.91 Å². The van der Waals surface area contributed by atoms with Gasteiger partial charge in [0.05, 0.1) is 17.7 Å². The smallest absolute Gasteiger partial charge is 0.264 e. The number of ether oxygens (including phenoxy) is 1. The summed E-state index contributed by atoms with van der Waals surface area (Å²) in [5.74, 6) is 0.141. The molecule has 0 heterocycles. The van der Waals surface area contributed by atoms with Crippen molar-refractivity contribution in [3.05, 3.63) is 90.0 Å². The molecule has 1 amide bonds. The average Bonchev–Trinajstić information content (AvgIpc) is 2.82. The molecule has 0 aliphatic heterocycles. The van der Waals surface area contributed by atoms with Crippen LogP contribution in [0.15, 0.2) is 83.8 Å². The van der Waals surface area contributed by atoms with Crippen LogP contribution in [0.5, 0.6) is 5.75 Å². The highest BCUT2D eigenvalue weighted by molar-refractivity contribution is 7.92. The van der Waals surface area contributed by atoms with E-state index in [1.165, 1.54) is 12.7 Å². The topological polar surface area (TPSA) is 75.7 Å². The standard InChI is InChI=1S/C26H30N2O4S/c1-20-12-16-25(17-13-20)33(30,31)28(23-10-7-11-24(18-23)32-3)19-26(29)27-21(2)14-15-22-8-5-4-6-9-22/h4-13,16-18,21H,14-15,19H2,1-3H3,(H,27,29)/t21-/m0/s1. The van der Waals surface area contributed by atoms with E-state index in [0.29, 0.717) is 11.4 Å². The lowest BCUT2D eigenvalue weighted by molar-refractivity contribution is -0.120. The van der Waals surface area contributed by atoms with Gasteiger partial charge in [-0.2, -0.15) is 0 Å². The molecule has 0 aromatic heterocycles. The van der Waals surface area contributed by atoms with Gasteiger partial charge in [-0.15, -0.1) is 0 Å². The molecule has 3 aromatic rings. The first kappa shape index (κ1) is 24.3. The lowest BCUT2D eigenvalue weighted by Gasteiger charge is -2.25. The van der Waals surface area contributed by atoms with E-state index in [0.717, 1.165) is 22.7 Å². The minimum absolute atomic E-state index is 0.105. The van der Waals surface area contributed by atoms with Gasteiger partial charge in [-0.25, -0.2) is 8.42 Å². The molecule has 3 aromatic carbocycles. The van der Waals surface area contributed by atoms with Gasteiger partial charge in [0.1, 0.15) is 12.3 Å². The van der Waals surface area contributed by atoms with Crippen molar-refractivity contribution in [3.8, 4) is 5.75 Å². The number of methoxy groups -OCH3 is 1. The fourth-order valence-corrected chi connectivity index (χ4v) is 4.88. The monoisotopic (exact) mass is 466 g/mol. The minimum atomic E-state index is -3.97. The Kier molecular flexibility index (Phi) is 8.11. The molecule has 0 bridgehead atoms. The molecule has 33 heavy (non-hydrogen) atoms. The quantitative estimate of drug-likeness (QED) is 0.482. The van der Waals surface area contributed by atoms with Crippen molar-refractivity contribution in [3.63, 3.8) is 0 Å². The van der Waals surface area contributed by atoms with Crippen molar-refractivity contribution in [2.45, 2.75) is 37.6 Å². The number of hydrogen-bond acceptors (Lipinski definition) is 4. The Morgan fingerprint density at radius 3 is 2.36 bits per heavy atom. The van der Waals surface area contributed by atoms with Crippen LogP contribution in [0.1, 0.15) is 24.5 Å². The number of rotatable bonds is 10. The SMILES string of the molecule is COc1cccc(N(CC(=O)N[C@@H](C)CCc2ccccc2)S(=O)(=O)c2ccc(C)cc2)c1. The molecule has 3 rings (SSSR count). The van der Waals surface area contributed by atoms with Crippen LogP contribution in [0, 0.1) is 6.92 Å². The molecule has 7 heteroatoms. The van der Waals surface area contributed by atoms with Gasteiger partial charge in [-0.05, 0) is 56.5 Å². The minimum Gasteiger partial charge on any atom is -0.497 e. The van der Waals surface area contributed by atoms with Gasteiger partial charge >= 0.3 is 0 Å². The van der Waals surface area contributed by atoms with E-state index in [-0.39, 0.29) is 23.4 Å². The Labute approximate surface area is 196 Å². The highest BCUT2D eigenvalue weighted by Crippen LogP contribution is 2.27. The zero-order valence-electron chi connectivity index (χ0n) is 19.2. The maximum absolute atomic E-state index is 13.5. The third-order valence-electron chi connectivity index (χ3n) is 5.35. The van der Waals surface area contributed by atoms with E-state index in [1.54, 1.807) is 48.5 Å². The molecule has 0 unspecified atom stereocenters. The summed E-state index contributed by atoms with van der Waals surface area (Å²) in [6.07, 6.45) is 1.57. The van der Waals surface area contributed by atoms with Crippen molar-refractivity contribution >= 4 is 21.6 Å². The van der Waals surface area contributed by atoms with Crippen LogP contribution in [0.3, 0.4) is 0 Å². The number of nitrogens with one attached hydrogen (secondary N) is 1. The second kappa shape index (κ2) is 11.0. The molecule has 1 N–H and O–H groups in total. The Hall–Kier alpha value is -3.32. The lowest BCUT2D eigenvalue weighted by Crippen LogP contribution is -2.43. The number of carbonyl (C=O) groups is 1. The molecule has 0 aliphatic carbocycles. The Bertz CT molecular complexity index is 1160. The first-order valence-corrected chi connectivity index (χ1v) is 12.3. The molecule has 0 spiro atoms. The predicted molar refractivity (Wildman–Crippen MR) is 131 cm³/mol. The second-order valence-corrected chi connectivity index (χ2v) is 9.88. The number of aryl methyl sites for hydroxylation is 2. The highest BCUT2D eigenvalue weighted by Gasteiger charge is 2.28. The number of hydrogen-bond donors (Lipinski definition) is 1. The first-order chi connectivity index (χ1) is 15.8. The number of nitrogens with zero attached hydrogens (tertiary/aromatic N) is 1. The number of benzene rings is 3. The zero-order chi connectivity index (χ0) is 23.8. The largest absolute Gasteiger partial charge is 0.497 e. The van der Waals surface area contributed by atoms with Crippen molar-refractivity contribution in [2.24, 2.45) is 0 Å². The van der Waals surface area contributed by atoms with Crippen molar-refractivity contribution in [1.29, 1.82) is 0 Å². The van der Waals surface area contributed by atoms with E-state index < -0.39 is 10.0 Å². The second-order valence-electron chi connectivity index (χ2n) is 8.02. The summed E-state index contributed by atoms with van der Waals surface area (Å²) >= 11 is 0. The normalized spacial score (nSPS) is 12.1. The lowest BCUT2D eigenvalue weighted by atomic mass is 10.1. The Morgan fingerprint density at radius 2 is 1.70 bits per heavy atom. The van der Waals surface area contributed by atoms with E-state index in [1.807, 2.05) is 44.2 Å². The third kappa shape index (κ3) is 6.58. The molecule has 1 atom stereocenters. The van der Waals surface area contributed by atoms with Crippen molar-refractivity contribution in [2.75, 3.05) is 18.0 Å². The van der Waals surface area contributed by atoms with Crippen LogP contribution < -0.4 is 14.4 Å². The van der Waals surface area contributed by atoms with Crippen LogP contribution in [0.2, 0.25) is 0 Å². The van der Waals surface area contributed by atoms with Gasteiger partial charge < -0.3 is 10.1 Å². The maximum Gasteiger partial charge on any atom is 0.264 e. The summed E-state index contributed by atoms with van der Waals surface area (Å²) in [4.78, 5) is 13.0. The number of anilines is 1. The number of carbonyl (C=O) groups excluding carboxylic acids is 1. The molecule has 0 saturated heterocycles. The number of amides is 1. The summed E-state index contributed by atoms with van der Waals surface area (Å²) in [5, 5.41) is 2.94. The molecule has 174 valence electrons. The van der Waals surface area contributed by atoms with E-state index in [4.69, 9.17) is 4.74 Å². The van der Waals surface area contributed by atoms with Gasteiger partial charge in [-0.3, -0.25) is 9.10 Å². The highest BCUT2D eigenvalue weighted by atomic mass is 32.2. The van der Waals surface area contributed by atoms with Crippen LogP contribution in [0.4, 0.5) is 5.69 Å². The summed E-state index contributed by atoms with van der Waals surface area (Å²) in [7, 11) is -2.45. The fraction of sp³-hybridized carbons (Fsp3) is 0.269. The molecule has 6 nitrogen and oxygen atoms in total. The summed E-state index contributed by atoms with van der Waals surface area (Å²) < 4.78 is 33.3. The van der Waals surface area contributed by atoms with Crippen LogP contribution in [0.25, 0.3) is 0 Å². The van der Waals surface area contributed by atoms with E-state index in [2.05, 4.69) is 5.32 Å². The van der Waals surface area contributed by atoms with Crippen LogP contribution in [-0.2, 0) is 21.2 Å². The molecule has 0 saturated carbocycles. The first-order valence-electron chi connectivity index (χ1n) is 10.9. The summed E-state index contributed by atoms with van der Waals surface area (Å²) in [6, 6.07) is 23.2. The van der Waals surface area contributed by atoms with Crippen molar-refractivity contribution < 1.29 is 17.9 Å². The maximum atomic E-state index is 13.5. The predicted octanol–water partition coefficient (Wildman–Crippen LogP) is 4.34. The molecule has 0 aliphatic rings. The average molecular weight is 467 g/mol.